The van der Waals surface area contributed by atoms with Gasteiger partial charge in [0.15, 0.2) is 0 Å². The molecule has 1 N–H and O–H groups in total. The zero-order valence-corrected chi connectivity index (χ0v) is 11.8. The Labute approximate surface area is 107 Å². The fraction of sp³-hybridized carbons (Fsp3) is 0.625. The molecule has 0 spiro atoms. The summed E-state index contributed by atoms with van der Waals surface area (Å²) in [5.74, 6) is 0.781. The molecule has 2 unspecified atom stereocenters. The first-order valence-electron chi connectivity index (χ1n) is 7.04. The van der Waals surface area contributed by atoms with Crippen molar-refractivity contribution in [2.45, 2.75) is 53.0 Å². The van der Waals surface area contributed by atoms with Gasteiger partial charge < -0.3 is 5.32 Å². The van der Waals surface area contributed by atoms with Gasteiger partial charge in [-0.2, -0.15) is 0 Å². The lowest BCUT2D eigenvalue weighted by Gasteiger charge is -2.23. The highest BCUT2D eigenvalue weighted by atomic mass is 14.9. The van der Waals surface area contributed by atoms with Gasteiger partial charge in [0.1, 0.15) is 0 Å². The number of hydrogen-bond acceptors (Lipinski definition) is 1. The van der Waals surface area contributed by atoms with Crippen molar-refractivity contribution in [1.29, 1.82) is 0 Å². The van der Waals surface area contributed by atoms with E-state index in [4.69, 9.17) is 0 Å². The summed E-state index contributed by atoms with van der Waals surface area (Å²) in [5.41, 5.74) is 2.99. The maximum Gasteiger partial charge on any atom is 0.0325 e. The van der Waals surface area contributed by atoms with Crippen LogP contribution in [0.15, 0.2) is 24.3 Å². The quantitative estimate of drug-likeness (QED) is 0.739. The second-order valence-electron chi connectivity index (χ2n) is 4.91. The predicted octanol–water partition coefficient (Wildman–Crippen LogP) is 4.34. The number of rotatable bonds is 7. The summed E-state index contributed by atoms with van der Waals surface area (Å²) in [6.07, 6.45) is 3.62. The van der Waals surface area contributed by atoms with Gasteiger partial charge in [-0.1, -0.05) is 58.4 Å². The highest BCUT2D eigenvalue weighted by Gasteiger charge is 2.15. The summed E-state index contributed by atoms with van der Waals surface area (Å²) in [7, 11) is 0. The van der Waals surface area contributed by atoms with E-state index in [1.807, 2.05) is 0 Å². The van der Waals surface area contributed by atoms with Crippen LogP contribution in [0.5, 0.6) is 0 Å². The van der Waals surface area contributed by atoms with Gasteiger partial charge in [-0.15, -0.1) is 0 Å². The molecule has 96 valence electrons. The van der Waals surface area contributed by atoms with Crippen LogP contribution < -0.4 is 5.32 Å². The lowest BCUT2D eigenvalue weighted by molar-refractivity contribution is 0.407. The predicted molar refractivity (Wildman–Crippen MR) is 76.3 cm³/mol. The van der Waals surface area contributed by atoms with Crippen molar-refractivity contribution in [3.05, 3.63) is 35.4 Å². The van der Waals surface area contributed by atoms with E-state index in [0.29, 0.717) is 6.04 Å². The Kier molecular flexibility index (Phi) is 6.28. The Bertz CT molecular complexity index is 319. The van der Waals surface area contributed by atoms with Gasteiger partial charge in [0.25, 0.3) is 0 Å². The third-order valence-corrected chi connectivity index (χ3v) is 3.60. The van der Waals surface area contributed by atoms with Crippen molar-refractivity contribution in [1.82, 2.24) is 5.32 Å². The average molecular weight is 233 g/mol. The molecule has 0 heterocycles. The van der Waals surface area contributed by atoms with Crippen molar-refractivity contribution in [3.63, 3.8) is 0 Å². The van der Waals surface area contributed by atoms with E-state index >= 15 is 0 Å². The number of nitrogens with one attached hydrogen (secondary N) is 1. The molecular weight excluding hydrogens is 206 g/mol. The highest BCUT2D eigenvalue weighted by Crippen LogP contribution is 2.26. The summed E-state index contributed by atoms with van der Waals surface area (Å²) in [5, 5.41) is 3.64. The van der Waals surface area contributed by atoms with Gasteiger partial charge in [0, 0.05) is 6.04 Å². The van der Waals surface area contributed by atoms with Crippen LogP contribution in [-0.4, -0.2) is 6.54 Å². The van der Waals surface area contributed by atoms with Gasteiger partial charge in [0.05, 0.1) is 0 Å². The first-order valence-corrected chi connectivity index (χ1v) is 7.04. The van der Waals surface area contributed by atoms with Crippen LogP contribution in [-0.2, 0) is 6.42 Å². The van der Waals surface area contributed by atoms with Crippen molar-refractivity contribution >= 4 is 0 Å². The molecular formula is C16H27N. The van der Waals surface area contributed by atoms with Crippen molar-refractivity contribution < 1.29 is 0 Å². The molecule has 0 saturated heterocycles. The van der Waals surface area contributed by atoms with E-state index in [1.165, 1.54) is 24.0 Å². The third-order valence-electron chi connectivity index (χ3n) is 3.60. The van der Waals surface area contributed by atoms with Crippen LogP contribution in [0.2, 0.25) is 0 Å². The normalized spacial score (nSPS) is 14.6. The molecule has 0 radical (unpaired) electrons. The molecule has 1 heteroatoms. The lowest BCUT2D eigenvalue weighted by atomic mass is 9.90. The number of hydrogen-bond donors (Lipinski definition) is 1. The Morgan fingerprint density at radius 2 is 1.82 bits per heavy atom. The second-order valence-corrected chi connectivity index (χ2v) is 4.91. The fourth-order valence-electron chi connectivity index (χ4n) is 2.33. The largest absolute Gasteiger partial charge is 0.310 e. The molecule has 0 saturated carbocycles. The molecule has 1 rings (SSSR count). The van der Waals surface area contributed by atoms with Gasteiger partial charge in [0.2, 0.25) is 0 Å². The molecule has 0 fully saturated rings. The van der Waals surface area contributed by atoms with E-state index in [2.05, 4.69) is 57.3 Å². The Hall–Kier alpha value is -0.820. The van der Waals surface area contributed by atoms with Crippen LogP contribution in [0.3, 0.4) is 0 Å². The van der Waals surface area contributed by atoms with Gasteiger partial charge in [-0.25, -0.2) is 0 Å². The molecule has 0 aliphatic heterocycles. The number of aryl methyl sites for hydroxylation is 1. The summed E-state index contributed by atoms with van der Waals surface area (Å²) >= 11 is 0. The summed E-state index contributed by atoms with van der Waals surface area (Å²) in [6.45, 7) is 10.1. The molecule has 2 atom stereocenters. The van der Waals surface area contributed by atoms with Crippen molar-refractivity contribution in [2.75, 3.05) is 6.54 Å². The van der Waals surface area contributed by atoms with E-state index in [0.717, 1.165) is 18.9 Å². The van der Waals surface area contributed by atoms with Gasteiger partial charge >= 0.3 is 0 Å². The molecule has 0 amide bonds. The summed E-state index contributed by atoms with van der Waals surface area (Å²) < 4.78 is 0. The second kappa shape index (κ2) is 7.50. The SMILES string of the molecule is CCNC(CC(C)CC)c1ccccc1CC. The first kappa shape index (κ1) is 14.2. The van der Waals surface area contributed by atoms with Crippen LogP contribution in [0.4, 0.5) is 0 Å². The summed E-state index contributed by atoms with van der Waals surface area (Å²) in [4.78, 5) is 0. The molecule has 1 aromatic rings. The van der Waals surface area contributed by atoms with Crippen LogP contribution in [0.25, 0.3) is 0 Å². The fourth-order valence-corrected chi connectivity index (χ4v) is 2.33. The zero-order valence-electron chi connectivity index (χ0n) is 11.8. The third kappa shape index (κ3) is 4.16. The van der Waals surface area contributed by atoms with E-state index in [-0.39, 0.29) is 0 Å². The first-order chi connectivity index (χ1) is 8.22. The molecule has 17 heavy (non-hydrogen) atoms. The molecule has 0 aliphatic carbocycles. The zero-order chi connectivity index (χ0) is 12.7. The molecule has 0 aliphatic rings. The minimum atomic E-state index is 0.520. The Morgan fingerprint density at radius 1 is 1.12 bits per heavy atom. The standard InChI is InChI=1S/C16H27N/c1-5-13(4)12-16(17-7-3)15-11-9-8-10-14(15)6-2/h8-11,13,16-17H,5-7,12H2,1-4H3. The minimum absolute atomic E-state index is 0.520. The van der Waals surface area contributed by atoms with Crippen LogP contribution >= 0.6 is 0 Å². The monoisotopic (exact) mass is 233 g/mol. The van der Waals surface area contributed by atoms with E-state index in [1.54, 1.807) is 0 Å². The minimum Gasteiger partial charge on any atom is -0.310 e. The number of benzene rings is 1. The highest BCUT2D eigenvalue weighted by molar-refractivity contribution is 5.30. The van der Waals surface area contributed by atoms with Gasteiger partial charge in [-0.05, 0) is 36.4 Å². The Morgan fingerprint density at radius 3 is 2.41 bits per heavy atom. The van der Waals surface area contributed by atoms with Crippen molar-refractivity contribution in [3.8, 4) is 0 Å². The smallest absolute Gasteiger partial charge is 0.0325 e. The molecule has 1 nitrogen and oxygen atoms in total. The van der Waals surface area contributed by atoms with E-state index < -0.39 is 0 Å². The van der Waals surface area contributed by atoms with Crippen LogP contribution in [0, 0.1) is 5.92 Å². The van der Waals surface area contributed by atoms with Crippen LogP contribution in [0.1, 0.15) is 57.7 Å². The summed E-state index contributed by atoms with van der Waals surface area (Å²) in [6, 6.07) is 9.38. The van der Waals surface area contributed by atoms with Crippen molar-refractivity contribution in [2.24, 2.45) is 5.92 Å². The molecule has 0 bridgehead atoms. The van der Waals surface area contributed by atoms with E-state index in [9.17, 15) is 0 Å². The van der Waals surface area contributed by atoms with Gasteiger partial charge in [-0.3, -0.25) is 0 Å². The topological polar surface area (TPSA) is 12.0 Å². The molecule has 0 aromatic heterocycles. The maximum atomic E-state index is 3.64. The molecule has 1 aromatic carbocycles. The maximum absolute atomic E-state index is 3.64. The average Bonchev–Trinajstić information content (AvgIpc) is 2.38. The Balaban J connectivity index is 2.88. The lowest BCUT2D eigenvalue weighted by Crippen LogP contribution is -2.23.